The predicted molar refractivity (Wildman–Crippen MR) is 59.6 cm³/mol. The third-order valence-corrected chi connectivity index (χ3v) is 3.36. The van der Waals surface area contributed by atoms with Crippen LogP contribution in [0.2, 0.25) is 0 Å². The van der Waals surface area contributed by atoms with Gasteiger partial charge in [0, 0.05) is 24.5 Å². The Hall–Kier alpha value is -0.450. The summed E-state index contributed by atoms with van der Waals surface area (Å²) in [5.74, 6) is 0. The summed E-state index contributed by atoms with van der Waals surface area (Å²) >= 11 is 1.72. The second kappa shape index (κ2) is 4.87. The zero-order chi connectivity index (χ0) is 9.80. The molecular weight excluding hydrogens is 194 g/mol. The zero-order valence-electron chi connectivity index (χ0n) is 8.55. The van der Waals surface area contributed by atoms with E-state index in [2.05, 4.69) is 27.9 Å². The van der Waals surface area contributed by atoms with Gasteiger partial charge in [-0.05, 0) is 26.3 Å². The Morgan fingerprint density at radius 1 is 1.71 bits per heavy atom. The summed E-state index contributed by atoms with van der Waals surface area (Å²) in [6.45, 7) is 5.24. The van der Waals surface area contributed by atoms with Crippen LogP contribution >= 0.6 is 11.3 Å². The van der Waals surface area contributed by atoms with Crippen LogP contribution in [-0.4, -0.2) is 24.1 Å². The minimum absolute atomic E-state index is 0.630. The average molecular weight is 211 g/mol. The third-order valence-electron chi connectivity index (χ3n) is 2.54. The van der Waals surface area contributed by atoms with Crippen LogP contribution in [0.4, 0.5) is 0 Å². The van der Waals surface area contributed by atoms with E-state index >= 15 is 0 Å². The molecule has 78 valence electrons. The maximum Gasteiger partial charge on any atom is 0.0897 e. The van der Waals surface area contributed by atoms with Gasteiger partial charge in [0.25, 0.3) is 0 Å². The number of hydrogen-bond donors (Lipinski definition) is 2. The summed E-state index contributed by atoms with van der Waals surface area (Å²) in [7, 11) is 0. The molecule has 0 aromatic carbocycles. The molecule has 1 aromatic heterocycles. The molecule has 0 saturated carbocycles. The minimum Gasteiger partial charge on any atom is -0.315 e. The van der Waals surface area contributed by atoms with Crippen LogP contribution in [0.1, 0.15) is 23.5 Å². The molecule has 1 aromatic rings. The van der Waals surface area contributed by atoms with Crippen LogP contribution in [0.5, 0.6) is 0 Å². The van der Waals surface area contributed by atoms with Gasteiger partial charge in [-0.3, -0.25) is 0 Å². The highest BCUT2D eigenvalue weighted by Gasteiger charge is 2.11. The van der Waals surface area contributed by atoms with E-state index in [1.165, 1.54) is 25.1 Å². The molecule has 1 aliphatic rings. The Morgan fingerprint density at radius 3 is 3.29 bits per heavy atom. The van der Waals surface area contributed by atoms with Crippen molar-refractivity contribution in [1.82, 2.24) is 15.6 Å². The number of thiazole rings is 1. The highest BCUT2D eigenvalue weighted by Crippen LogP contribution is 2.08. The van der Waals surface area contributed by atoms with E-state index in [4.69, 9.17) is 0 Å². The lowest BCUT2D eigenvalue weighted by Crippen LogP contribution is -2.42. The Kier molecular flexibility index (Phi) is 3.50. The molecule has 1 fully saturated rings. The smallest absolute Gasteiger partial charge is 0.0897 e. The van der Waals surface area contributed by atoms with Crippen molar-refractivity contribution < 1.29 is 0 Å². The molecule has 1 unspecified atom stereocenters. The molecule has 0 spiro atoms. The molecule has 4 heteroatoms. The monoisotopic (exact) mass is 211 g/mol. The van der Waals surface area contributed by atoms with Crippen LogP contribution < -0.4 is 10.6 Å². The van der Waals surface area contributed by atoms with Gasteiger partial charge >= 0.3 is 0 Å². The number of piperidine rings is 1. The van der Waals surface area contributed by atoms with E-state index < -0.39 is 0 Å². The molecule has 0 aliphatic carbocycles. The van der Waals surface area contributed by atoms with Gasteiger partial charge < -0.3 is 10.6 Å². The van der Waals surface area contributed by atoms with E-state index in [-0.39, 0.29) is 0 Å². The maximum absolute atomic E-state index is 4.43. The molecule has 1 atom stereocenters. The van der Waals surface area contributed by atoms with Crippen molar-refractivity contribution in [2.45, 2.75) is 32.4 Å². The number of aryl methyl sites for hydroxylation is 1. The molecule has 2 rings (SSSR count). The van der Waals surface area contributed by atoms with Crippen molar-refractivity contribution in [3.05, 3.63) is 16.1 Å². The highest BCUT2D eigenvalue weighted by molar-refractivity contribution is 7.09. The lowest BCUT2D eigenvalue weighted by molar-refractivity contribution is 0.388. The largest absolute Gasteiger partial charge is 0.315 e. The van der Waals surface area contributed by atoms with Gasteiger partial charge in [0.2, 0.25) is 0 Å². The lowest BCUT2D eigenvalue weighted by Gasteiger charge is -2.23. The zero-order valence-corrected chi connectivity index (χ0v) is 9.36. The Labute approximate surface area is 88.9 Å². The fraction of sp³-hybridized carbons (Fsp3) is 0.700. The SMILES string of the molecule is Cc1nc(CNC2CCCNC2)cs1. The first-order valence-electron chi connectivity index (χ1n) is 5.20. The second-order valence-corrected chi connectivity index (χ2v) is 4.84. The van der Waals surface area contributed by atoms with Crippen LogP contribution in [0, 0.1) is 6.92 Å². The maximum atomic E-state index is 4.43. The standard InChI is InChI=1S/C10H17N3S/c1-8-13-10(7-14-8)6-12-9-3-2-4-11-5-9/h7,9,11-12H,2-6H2,1H3. The first kappa shape index (κ1) is 10.1. The van der Waals surface area contributed by atoms with Gasteiger partial charge in [-0.1, -0.05) is 0 Å². The molecule has 1 aliphatic heterocycles. The van der Waals surface area contributed by atoms with E-state index in [1.54, 1.807) is 11.3 Å². The van der Waals surface area contributed by atoms with Gasteiger partial charge in [-0.2, -0.15) is 0 Å². The van der Waals surface area contributed by atoms with E-state index in [1.807, 2.05) is 0 Å². The number of rotatable bonds is 3. The summed E-state index contributed by atoms with van der Waals surface area (Å²) in [6.07, 6.45) is 2.57. The number of nitrogens with zero attached hydrogens (tertiary/aromatic N) is 1. The summed E-state index contributed by atoms with van der Waals surface area (Å²) in [4.78, 5) is 4.43. The quantitative estimate of drug-likeness (QED) is 0.791. The first-order chi connectivity index (χ1) is 6.84. The molecule has 0 amide bonds. The Balaban J connectivity index is 1.76. The van der Waals surface area contributed by atoms with Crippen molar-refractivity contribution in [2.75, 3.05) is 13.1 Å². The van der Waals surface area contributed by atoms with E-state index in [0.29, 0.717) is 6.04 Å². The topological polar surface area (TPSA) is 37.0 Å². The summed E-state index contributed by atoms with van der Waals surface area (Å²) < 4.78 is 0. The van der Waals surface area contributed by atoms with Crippen LogP contribution in [-0.2, 0) is 6.54 Å². The summed E-state index contributed by atoms with van der Waals surface area (Å²) in [5, 5.41) is 10.2. The Morgan fingerprint density at radius 2 is 2.64 bits per heavy atom. The van der Waals surface area contributed by atoms with Crippen molar-refractivity contribution in [3.63, 3.8) is 0 Å². The van der Waals surface area contributed by atoms with Crippen molar-refractivity contribution in [2.24, 2.45) is 0 Å². The molecular formula is C10H17N3S. The van der Waals surface area contributed by atoms with Crippen molar-refractivity contribution in [1.29, 1.82) is 0 Å². The van der Waals surface area contributed by atoms with E-state index in [9.17, 15) is 0 Å². The van der Waals surface area contributed by atoms with Gasteiger partial charge in [0.1, 0.15) is 0 Å². The molecule has 2 N–H and O–H groups in total. The lowest BCUT2D eigenvalue weighted by atomic mass is 10.1. The fourth-order valence-electron chi connectivity index (χ4n) is 1.76. The number of nitrogens with one attached hydrogen (secondary N) is 2. The normalized spacial score (nSPS) is 22.5. The Bertz CT molecular complexity index is 279. The molecule has 1 saturated heterocycles. The van der Waals surface area contributed by atoms with Gasteiger partial charge in [0.15, 0.2) is 0 Å². The second-order valence-electron chi connectivity index (χ2n) is 3.78. The summed E-state index contributed by atoms with van der Waals surface area (Å²) in [5.41, 5.74) is 1.18. The van der Waals surface area contributed by atoms with Crippen molar-refractivity contribution in [3.8, 4) is 0 Å². The van der Waals surface area contributed by atoms with Gasteiger partial charge in [0.05, 0.1) is 10.7 Å². The van der Waals surface area contributed by atoms with Crippen LogP contribution in [0.25, 0.3) is 0 Å². The number of hydrogen-bond acceptors (Lipinski definition) is 4. The minimum atomic E-state index is 0.630. The molecule has 14 heavy (non-hydrogen) atoms. The fourth-order valence-corrected chi connectivity index (χ4v) is 2.38. The third kappa shape index (κ3) is 2.77. The average Bonchev–Trinajstić information content (AvgIpc) is 2.63. The highest BCUT2D eigenvalue weighted by atomic mass is 32.1. The van der Waals surface area contributed by atoms with Gasteiger partial charge in [-0.25, -0.2) is 4.98 Å². The van der Waals surface area contributed by atoms with Crippen molar-refractivity contribution >= 4 is 11.3 Å². The van der Waals surface area contributed by atoms with Crippen LogP contribution in [0.3, 0.4) is 0 Å². The first-order valence-corrected chi connectivity index (χ1v) is 6.07. The molecule has 3 nitrogen and oxygen atoms in total. The summed E-state index contributed by atoms with van der Waals surface area (Å²) in [6, 6.07) is 0.630. The predicted octanol–water partition coefficient (Wildman–Crippen LogP) is 1.29. The molecule has 0 radical (unpaired) electrons. The van der Waals surface area contributed by atoms with Gasteiger partial charge in [-0.15, -0.1) is 11.3 Å². The van der Waals surface area contributed by atoms with E-state index in [0.717, 1.165) is 18.1 Å². The number of aromatic nitrogens is 1. The molecule has 2 heterocycles. The van der Waals surface area contributed by atoms with Crippen LogP contribution in [0.15, 0.2) is 5.38 Å². The molecule has 0 bridgehead atoms.